The van der Waals surface area contributed by atoms with E-state index < -0.39 is 59.3 Å². The van der Waals surface area contributed by atoms with Crippen molar-refractivity contribution in [1.82, 2.24) is 0 Å². The van der Waals surface area contributed by atoms with Crippen molar-refractivity contribution in [2.24, 2.45) is 0 Å². The van der Waals surface area contributed by atoms with Crippen molar-refractivity contribution in [1.29, 1.82) is 0 Å². The van der Waals surface area contributed by atoms with Crippen LogP contribution < -0.4 is 0 Å². The van der Waals surface area contributed by atoms with Crippen molar-refractivity contribution in [2.75, 3.05) is 59.5 Å². The Labute approximate surface area is 269 Å². The molecule has 2 radical (unpaired) electrons. The minimum absolute atomic E-state index is 0.0887. The summed E-state index contributed by atoms with van der Waals surface area (Å²) >= 11 is -3.86. The normalized spacial score (nSPS) is 19.8. The van der Waals surface area contributed by atoms with Crippen LogP contribution in [0.4, 0.5) is 26.3 Å². The first-order chi connectivity index (χ1) is 20.7. The fourth-order valence-corrected chi connectivity index (χ4v) is 6.31. The molecule has 272 valence electrons. The number of aliphatic hydroxyl groups is 2. The summed E-state index contributed by atoms with van der Waals surface area (Å²) < 4.78 is 152. The molecule has 15 nitrogen and oxygen atoms in total. The van der Waals surface area contributed by atoms with Crippen molar-refractivity contribution in [3.8, 4) is 0 Å². The van der Waals surface area contributed by atoms with Gasteiger partial charge in [-0.25, -0.2) is 0 Å². The van der Waals surface area contributed by atoms with Gasteiger partial charge in [-0.1, -0.05) is 0 Å². The van der Waals surface area contributed by atoms with Crippen LogP contribution in [0.5, 0.6) is 0 Å². The fourth-order valence-electron chi connectivity index (χ4n) is 1.97. The molecule has 2 N–H and O–H groups in total. The van der Waals surface area contributed by atoms with E-state index in [1.54, 1.807) is 13.8 Å². The van der Waals surface area contributed by atoms with Crippen LogP contribution in [0.2, 0.25) is 0 Å². The van der Waals surface area contributed by atoms with Gasteiger partial charge >= 0.3 is 101 Å². The molecule has 0 aromatic rings. The second-order valence-corrected chi connectivity index (χ2v) is 14.6. The molecule has 0 bridgehead atoms. The summed E-state index contributed by atoms with van der Waals surface area (Å²) in [5, 5.41) is 17.0. The van der Waals surface area contributed by atoms with Gasteiger partial charge in [-0.15, -0.1) is 0 Å². The van der Waals surface area contributed by atoms with E-state index >= 15 is 0 Å². The van der Waals surface area contributed by atoms with E-state index in [2.05, 4.69) is 5.04 Å². The van der Waals surface area contributed by atoms with E-state index in [4.69, 9.17) is 38.3 Å². The van der Waals surface area contributed by atoms with Gasteiger partial charge in [0.25, 0.3) is 0 Å². The number of halogens is 6. The van der Waals surface area contributed by atoms with Crippen molar-refractivity contribution < 1.29 is 91.6 Å². The fraction of sp³-hybridized carbons (Fsp3) is 1.00. The molecular formula is C21H40F6O15S2Sn. The first-order valence-electron chi connectivity index (χ1n) is 13.0. The quantitative estimate of drug-likeness (QED) is 0.0657. The summed E-state index contributed by atoms with van der Waals surface area (Å²) in [5.74, 6) is 0. The molecule has 45 heavy (non-hydrogen) atoms. The van der Waals surface area contributed by atoms with Crippen molar-refractivity contribution in [2.45, 2.75) is 76.5 Å². The second-order valence-electron chi connectivity index (χ2n) is 8.18. The van der Waals surface area contributed by atoms with Crippen molar-refractivity contribution >= 4 is 42.2 Å². The van der Waals surface area contributed by atoms with Crippen LogP contribution in [-0.4, -0.2) is 150 Å². The molecule has 2 heterocycles. The van der Waals surface area contributed by atoms with Gasteiger partial charge in [0.15, 0.2) is 12.6 Å². The third-order valence-corrected chi connectivity index (χ3v) is 10.7. The third kappa shape index (κ3) is 26.5. The number of alkyl halides is 6. The predicted molar refractivity (Wildman–Crippen MR) is 141 cm³/mol. The Bertz CT molecular complexity index is 905. The van der Waals surface area contributed by atoms with Gasteiger partial charge in [0.1, 0.15) is 18.3 Å². The van der Waals surface area contributed by atoms with E-state index in [0.717, 1.165) is 13.2 Å². The molecule has 5 unspecified atom stereocenters. The van der Waals surface area contributed by atoms with E-state index in [1.165, 1.54) is 0 Å². The Morgan fingerprint density at radius 1 is 0.756 bits per heavy atom. The van der Waals surface area contributed by atoms with Gasteiger partial charge in [-0.05, 0) is 34.6 Å². The van der Waals surface area contributed by atoms with E-state index in [1.807, 2.05) is 20.8 Å². The molecule has 0 aromatic heterocycles. The number of epoxide rings is 2. The molecule has 0 amide bonds. The predicted octanol–water partition coefficient (Wildman–Crippen LogP) is 1.20. The average molecular weight is 829 g/mol. The van der Waals surface area contributed by atoms with Crippen LogP contribution in [0.25, 0.3) is 0 Å². The topological polar surface area (TPSA) is 198 Å². The molecule has 2 aliphatic heterocycles. The molecule has 0 aliphatic carbocycles. The summed E-state index contributed by atoms with van der Waals surface area (Å²) in [6.45, 7) is 14.1. The maximum absolute atomic E-state index is 11.6. The Hall–Kier alpha value is -0.161. The van der Waals surface area contributed by atoms with Gasteiger partial charge in [-0.3, -0.25) is 0 Å². The zero-order valence-electron chi connectivity index (χ0n) is 25.0. The SMILES string of the molecule is CCO.CCOC(C)OCC(O)COCC1CO1.CCOC(C)OCC1CO1.O=S(=O)([O][Sn][O]S(=O)(=O)C(F)(F)F)C(F)(F)F. The molecule has 5 atom stereocenters. The monoisotopic (exact) mass is 830 g/mol. The number of hydrogen-bond donors (Lipinski definition) is 2. The molecule has 2 aliphatic rings. The molecule has 24 heteroatoms. The average Bonchev–Trinajstić information content (AvgIpc) is 3.82. The van der Waals surface area contributed by atoms with Crippen molar-refractivity contribution in [3.63, 3.8) is 0 Å². The van der Waals surface area contributed by atoms with Crippen LogP contribution in [0.15, 0.2) is 0 Å². The first-order valence-corrected chi connectivity index (χ1v) is 18.1. The van der Waals surface area contributed by atoms with Crippen LogP contribution in [0, 0.1) is 0 Å². The number of rotatable bonds is 18. The standard InChI is InChI=1S/C10H20O5.C7H14O3.C2H6O.2CHF3O3S.Sn/c1-3-13-8(2)14-5-9(11)4-12-6-10-7-15-10;1-3-8-6(2)9-4-7-5-10-7;1-2-3;2*2-1(3,4)8(5,6)7;/h8-11H,3-7H2,1-2H3;6-7H,3-5H2,1-2H3;3H,2H2,1H3;2*(H,5,6,7);/q;;;;;+2/p-2. The van der Waals surface area contributed by atoms with Crippen LogP contribution in [0.3, 0.4) is 0 Å². The zero-order chi connectivity index (χ0) is 35.3. The van der Waals surface area contributed by atoms with Crippen LogP contribution in [-0.2, 0) is 58.4 Å². The summed E-state index contributed by atoms with van der Waals surface area (Å²) in [6, 6.07) is 0. The zero-order valence-corrected chi connectivity index (χ0v) is 29.5. The molecule has 0 spiro atoms. The van der Waals surface area contributed by atoms with Gasteiger partial charge in [-0.2, -0.15) is 0 Å². The second kappa shape index (κ2) is 24.0. The summed E-state index contributed by atoms with van der Waals surface area (Å²) in [6.07, 6.45) is -0.402. The number of ether oxygens (including phenoxy) is 7. The maximum atomic E-state index is 11.6. The summed E-state index contributed by atoms with van der Waals surface area (Å²) in [5.41, 5.74) is -11.7. The molecular weight excluding hydrogens is 789 g/mol. The molecule has 0 aromatic carbocycles. The number of aliphatic hydroxyl groups excluding tert-OH is 2. The Morgan fingerprint density at radius 3 is 1.49 bits per heavy atom. The van der Waals surface area contributed by atoms with E-state index in [9.17, 15) is 48.3 Å². The molecule has 2 fully saturated rings. The van der Waals surface area contributed by atoms with Gasteiger partial charge < -0.3 is 43.4 Å². The number of hydrogen-bond acceptors (Lipinski definition) is 15. The van der Waals surface area contributed by atoms with Gasteiger partial charge in [0, 0.05) is 19.8 Å². The van der Waals surface area contributed by atoms with Crippen LogP contribution >= 0.6 is 0 Å². The Morgan fingerprint density at radius 2 is 1.13 bits per heavy atom. The summed E-state index contributed by atoms with van der Waals surface area (Å²) in [4.78, 5) is 0. The van der Waals surface area contributed by atoms with Gasteiger partial charge in [0.2, 0.25) is 0 Å². The van der Waals surface area contributed by atoms with E-state index in [0.29, 0.717) is 32.5 Å². The first kappa shape index (κ1) is 47.0. The Kier molecular flexibility index (Phi) is 25.1. The third-order valence-electron chi connectivity index (χ3n) is 4.12. The van der Waals surface area contributed by atoms with E-state index in [-0.39, 0.29) is 38.5 Å². The molecule has 2 saturated heterocycles. The minimum atomic E-state index is -6.15. The van der Waals surface area contributed by atoms with Gasteiger partial charge in [0.05, 0.1) is 39.6 Å². The van der Waals surface area contributed by atoms with Crippen LogP contribution in [0.1, 0.15) is 34.6 Å². The Balaban J connectivity index is 0. The molecule has 0 saturated carbocycles. The molecule has 2 rings (SSSR count). The van der Waals surface area contributed by atoms with Crippen molar-refractivity contribution in [3.05, 3.63) is 0 Å². The summed E-state index contributed by atoms with van der Waals surface area (Å²) in [7, 11) is -12.3.